The van der Waals surface area contributed by atoms with E-state index in [9.17, 15) is 0 Å². The average molecular weight is 486 g/mol. The predicted molar refractivity (Wildman–Crippen MR) is 144 cm³/mol. The Kier molecular flexibility index (Phi) is 8.57. The summed E-state index contributed by atoms with van der Waals surface area (Å²) in [4.78, 5) is 11.6. The third kappa shape index (κ3) is 7.13. The molecule has 0 saturated carbocycles. The Morgan fingerprint density at radius 3 is 2.89 bits per heavy atom. The van der Waals surface area contributed by atoms with E-state index in [1.165, 1.54) is 5.56 Å². The smallest absolute Gasteiger partial charge is 0.227 e. The van der Waals surface area contributed by atoms with E-state index < -0.39 is 0 Å². The van der Waals surface area contributed by atoms with Gasteiger partial charge in [0, 0.05) is 37.1 Å². The lowest BCUT2D eigenvalue weighted by Gasteiger charge is -2.26. The monoisotopic (exact) mass is 485 g/mol. The molecule has 7 heteroatoms. The highest BCUT2D eigenvalue weighted by atomic mass is 16.5. The van der Waals surface area contributed by atoms with Crippen LogP contribution in [-0.4, -0.2) is 60.4 Å². The van der Waals surface area contributed by atoms with Crippen molar-refractivity contribution in [3.8, 4) is 17.0 Å². The van der Waals surface area contributed by atoms with E-state index in [1.54, 1.807) is 6.20 Å². The number of hydrogen-bond acceptors (Lipinski definition) is 7. The van der Waals surface area contributed by atoms with E-state index in [-0.39, 0.29) is 0 Å². The van der Waals surface area contributed by atoms with E-state index in [2.05, 4.69) is 56.9 Å². The van der Waals surface area contributed by atoms with Gasteiger partial charge in [0.05, 0.1) is 25.0 Å². The molecule has 1 saturated heterocycles. The van der Waals surface area contributed by atoms with Gasteiger partial charge in [0.2, 0.25) is 5.95 Å². The van der Waals surface area contributed by atoms with Crippen LogP contribution in [0, 0.1) is 0 Å². The van der Waals surface area contributed by atoms with Crippen molar-refractivity contribution >= 4 is 11.6 Å². The second-order valence-corrected chi connectivity index (χ2v) is 9.28. The number of ether oxygens (including phenoxy) is 2. The minimum Gasteiger partial charge on any atom is -0.493 e. The molecule has 188 valence electrons. The normalized spacial score (nSPS) is 18.3. The van der Waals surface area contributed by atoms with Gasteiger partial charge in [-0.05, 0) is 68.2 Å². The van der Waals surface area contributed by atoms with Gasteiger partial charge in [0.15, 0.2) is 0 Å². The molecule has 36 heavy (non-hydrogen) atoms. The van der Waals surface area contributed by atoms with Gasteiger partial charge in [-0.1, -0.05) is 36.4 Å². The van der Waals surface area contributed by atoms with Crippen molar-refractivity contribution in [3.63, 3.8) is 0 Å². The zero-order chi connectivity index (χ0) is 24.4. The van der Waals surface area contributed by atoms with Crippen molar-refractivity contribution < 1.29 is 9.47 Å². The number of fused-ring (bicyclic) bond motifs is 7. The van der Waals surface area contributed by atoms with Gasteiger partial charge in [-0.3, -0.25) is 4.90 Å². The summed E-state index contributed by atoms with van der Waals surface area (Å²) in [7, 11) is 0. The van der Waals surface area contributed by atoms with Gasteiger partial charge < -0.3 is 20.1 Å². The molecule has 0 amide bonds. The molecular weight excluding hydrogens is 450 g/mol. The molecule has 0 unspecified atom stereocenters. The SMILES string of the molecule is C1=C\CN(CCOC2CCNCC2)Cc2cccc(c2)Nc2nccc(n2)-c2cccc(c2)OCC/1. The predicted octanol–water partition coefficient (Wildman–Crippen LogP) is 4.80. The number of benzene rings is 2. The van der Waals surface area contributed by atoms with Gasteiger partial charge >= 0.3 is 0 Å². The minimum absolute atomic E-state index is 0.376. The first-order valence-electron chi connectivity index (χ1n) is 12.9. The summed E-state index contributed by atoms with van der Waals surface area (Å²) < 4.78 is 12.2. The lowest BCUT2D eigenvalue weighted by Crippen LogP contribution is -2.34. The van der Waals surface area contributed by atoms with Crippen LogP contribution in [0.5, 0.6) is 5.75 Å². The molecule has 5 rings (SSSR count). The van der Waals surface area contributed by atoms with Crippen molar-refractivity contribution in [1.29, 1.82) is 0 Å². The Morgan fingerprint density at radius 2 is 1.94 bits per heavy atom. The largest absolute Gasteiger partial charge is 0.493 e. The fourth-order valence-electron chi connectivity index (χ4n) is 4.59. The summed E-state index contributed by atoms with van der Waals surface area (Å²) in [6.07, 6.45) is 9.67. The number of anilines is 2. The summed E-state index contributed by atoms with van der Waals surface area (Å²) >= 11 is 0. The van der Waals surface area contributed by atoms with Gasteiger partial charge in [-0.15, -0.1) is 0 Å². The van der Waals surface area contributed by atoms with E-state index in [0.717, 1.165) is 81.3 Å². The van der Waals surface area contributed by atoms with Gasteiger partial charge in [-0.2, -0.15) is 0 Å². The topological polar surface area (TPSA) is 71.5 Å². The third-order valence-corrected chi connectivity index (χ3v) is 6.51. The second-order valence-electron chi connectivity index (χ2n) is 9.28. The van der Waals surface area contributed by atoms with Crippen LogP contribution in [-0.2, 0) is 11.3 Å². The molecule has 2 aliphatic heterocycles. The van der Waals surface area contributed by atoms with E-state index in [4.69, 9.17) is 14.5 Å². The molecule has 2 aliphatic rings. The second kappa shape index (κ2) is 12.6. The molecule has 2 aromatic carbocycles. The number of rotatable bonds is 4. The first-order valence-corrected chi connectivity index (χ1v) is 12.9. The lowest BCUT2D eigenvalue weighted by atomic mass is 10.1. The van der Waals surface area contributed by atoms with E-state index in [0.29, 0.717) is 18.7 Å². The fraction of sp³-hybridized carbons (Fsp3) is 0.379. The Hall–Kier alpha value is -3.26. The van der Waals surface area contributed by atoms with Crippen LogP contribution in [0.15, 0.2) is 72.9 Å². The summed E-state index contributed by atoms with van der Waals surface area (Å²) in [5, 5.41) is 6.78. The molecule has 0 atom stereocenters. The molecule has 3 aromatic rings. The van der Waals surface area contributed by atoms with Crippen LogP contribution in [0.2, 0.25) is 0 Å². The first-order chi connectivity index (χ1) is 17.8. The summed E-state index contributed by atoms with van der Waals surface area (Å²) in [6.45, 7) is 6.09. The highest BCUT2D eigenvalue weighted by Crippen LogP contribution is 2.24. The molecule has 6 bridgehead atoms. The van der Waals surface area contributed by atoms with Gasteiger partial charge in [-0.25, -0.2) is 9.97 Å². The van der Waals surface area contributed by atoms with Crippen molar-refractivity contribution in [3.05, 3.63) is 78.5 Å². The Balaban J connectivity index is 1.33. The van der Waals surface area contributed by atoms with E-state index >= 15 is 0 Å². The van der Waals surface area contributed by atoms with Crippen LogP contribution in [0.1, 0.15) is 24.8 Å². The summed E-state index contributed by atoms with van der Waals surface area (Å²) in [5.74, 6) is 1.42. The lowest BCUT2D eigenvalue weighted by molar-refractivity contribution is 0.0206. The summed E-state index contributed by atoms with van der Waals surface area (Å²) in [6, 6.07) is 18.5. The number of aromatic nitrogens is 2. The van der Waals surface area contributed by atoms with Crippen molar-refractivity contribution in [2.45, 2.75) is 31.9 Å². The molecule has 3 heterocycles. The molecule has 2 N–H and O–H groups in total. The van der Waals surface area contributed by atoms with Crippen molar-refractivity contribution in [2.75, 3.05) is 44.7 Å². The maximum absolute atomic E-state index is 6.20. The van der Waals surface area contributed by atoms with E-state index in [1.807, 2.05) is 30.3 Å². The maximum Gasteiger partial charge on any atom is 0.227 e. The van der Waals surface area contributed by atoms with Crippen LogP contribution in [0.3, 0.4) is 0 Å². The molecule has 0 aliphatic carbocycles. The molecule has 7 nitrogen and oxygen atoms in total. The molecule has 1 fully saturated rings. The molecule has 0 radical (unpaired) electrons. The number of piperidine rings is 1. The Labute approximate surface area is 213 Å². The van der Waals surface area contributed by atoms with Crippen molar-refractivity contribution in [2.24, 2.45) is 0 Å². The molecule has 0 spiro atoms. The molecular formula is C29H35N5O2. The maximum atomic E-state index is 6.20. The Morgan fingerprint density at radius 1 is 1.03 bits per heavy atom. The highest BCUT2D eigenvalue weighted by molar-refractivity contribution is 5.63. The van der Waals surface area contributed by atoms with Crippen molar-refractivity contribution in [1.82, 2.24) is 20.2 Å². The fourth-order valence-corrected chi connectivity index (χ4v) is 4.59. The van der Waals surface area contributed by atoms with Crippen LogP contribution in [0.25, 0.3) is 11.3 Å². The van der Waals surface area contributed by atoms with Crippen LogP contribution >= 0.6 is 0 Å². The highest BCUT2D eigenvalue weighted by Gasteiger charge is 2.14. The number of nitrogens with one attached hydrogen (secondary N) is 2. The zero-order valence-electron chi connectivity index (χ0n) is 20.7. The van der Waals surface area contributed by atoms with Crippen LogP contribution in [0.4, 0.5) is 11.6 Å². The van der Waals surface area contributed by atoms with Crippen LogP contribution < -0.4 is 15.4 Å². The van der Waals surface area contributed by atoms with Gasteiger partial charge in [0.25, 0.3) is 0 Å². The standard InChI is InChI=1S/C29H35N5O2/c1-2-16-34(17-19-36-26-10-13-30-14-11-26)22-23-6-4-8-25(20-23)32-29-31-15-12-28(33-29)24-7-5-9-27(21-24)35-18-3-1/h1-2,4-9,12,15,20-21,26,30H,3,10-11,13-14,16-19,22H2,(H,31,32,33)/b2-1-. The summed E-state index contributed by atoms with van der Waals surface area (Å²) in [5.41, 5.74) is 4.08. The minimum atomic E-state index is 0.376. The quantitative estimate of drug-likeness (QED) is 0.515. The average Bonchev–Trinajstić information content (AvgIpc) is 2.91. The zero-order valence-corrected chi connectivity index (χ0v) is 20.7. The molecule has 1 aromatic heterocycles. The number of hydrogen-bond donors (Lipinski definition) is 2. The van der Waals surface area contributed by atoms with Gasteiger partial charge in [0.1, 0.15) is 5.75 Å². The Bertz CT molecular complexity index is 1150. The number of nitrogens with zero attached hydrogens (tertiary/aromatic N) is 3. The third-order valence-electron chi connectivity index (χ3n) is 6.51. The first kappa shape index (κ1) is 24.4.